The van der Waals surface area contributed by atoms with Gasteiger partial charge in [-0.15, -0.1) is 0 Å². The smallest absolute Gasteiger partial charge is 0.264 e. The number of carbonyl (C=O) groups excluding carboxylic acids is 2. The number of rotatable bonds is 12. The van der Waals surface area contributed by atoms with Crippen LogP contribution in [0.25, 0.3) is 0 Å². The predicted octanol–water partition coefficient (Wildman–Crippen LogP) is 5.75. The van der Waals surface area contributed by atoms with E-state index in [1.54, 1.807) is 42.5 Å². The van der Waals surface area contributed by atoms with E-state index in [2.05, 4.69) is 5.32 Å². The van der Waals surface area contributed by atoms with E-state index in [4.69, 9.17) is 4.74 Å². The van der Waals surface area contributed by atoms with Gasteiger partial charge in [0.15, 0.2) is 0 Å². The van der Waals surface area contributed by atoms with Crippen molar-refractivity contribution < 1.29 is 22.7 Å². The van der Waals surface area contributed by atoms with Gasteiger partial charge in [0.25, 0.3) is 10.0 Å². The molecule has 45 heavy (non-hydrogen) atoms. The molecule has 0 aliphatic heterocycles. The molecule has 0 aliphatic rings. The molecule has 4 aromatic carbocycles. The summed E-state index contributed by atoms with van der Waals surface area (Å²) in [4.78, 5) is 29.9. The molecule has 236 valence electrons. The molecule has 0 unspecified atom stereocenters. The number of nitrogens with zero attached hydrogens (tertiary/aromatic N) is 2. The highest BCUT2D eigenvalue weighted by molar-refractivity contribution is 7.92. The van der Waals surface area contributed by atoms with Crippen molar-refractivity contribution >= 4 is 27.5 Å². The first-order chi connectivity index (χ1) is 21.4. The van der Waals surface area contributed by atoms with Gasteiger partial charge in [-0.25, -0.2) is 8.42 Å². The molecule has 0 spiro atoms. The van der Waals surface area contributed by atoms with Gasteiger partial charge in [-0.1, -0.05) is 78.4 Å². The Hall–Kier alpha value is -4.63. The third-order valence-corrected chi connectivity index (χ3v) is 9.00. The maximum Gasteiger partial charge on any atom is 0.264 e. The van der Waals surface area contributed by atoms with Crippen molar-refractivity contribution in [3.8, 4) is 5.75 Å². The zero-order valence-electron chi connectivity index (χ0n) is 26.4. The summed E-state index contributed by atoms with van der Waals surface area (Å²) in [6, 6.07) is 30.8. The molecule has 0 fully saturated rings. The first kappa shape index (κ1) is 33.3. The van der Waals surface area contributed by atoms with Crippen LogP contribution in [0, 0.1) is 6.92 Å². The van der Waals surface area contributed by atoms with Crippen molar-refractivity contribution in [2.24, 2.45) is 0 Å². The van der Waals surface area contributed by atoms with Gasteiger partial charge in [-0.3, -0.25) is 13.9 Å². The van der Waals surface area contributed by atoms with Crippen molar-refractivity contribution in [2.75, 3.05) is 18.0 Å². The number of benzene rings is 4. The Morgan fingerprint density at radius 2 is 1.38 bits per heavy atom. The molecule has 0 bridgehead atoms. The van der Waals surface area contributed by atoms with E-state index in [0.717, 1.165) is 21.0 Å². The number of methoxy groups -OCH3 is 1. The maximum absolute atomic E-state index is 14.5. The number of para-hydroxylation sites is 1. The first-order valence-electron chi connectivity index (χ1n) is 14.8. The molecule has 0 saturated carbocycles. The van der Waals surface area contributed by atoms with Crippen molar-refractivity contribution in [1.29, 1.82) is 0 Å². The minimum atomic E-state index is -4.19. The van der Waals surface area contributed by atoms with Gasteiger partial charge >= 0.3 is 0 Å². The van der Waals surface area contributed by atoms with E-state index in [0.29, 0.717) is 11.4 Å². The van der Waals surface area contributed by atoms with E-state index in [1.807, 2.05) is 82.3 Å². The number of hydrogen-bond acceptors (Lipinski definition) is 5. The molecule has 0 saturated heterocycles. The third kappa shape index (κ3) is 8.95. The van der Waals surface area contributed by atoms with Gasteiger partial charge in [0, 0.05) is 18.5 Å². The summed E-state index contributed by atoms with van der Waals surface area (Å²) in [5, 5.41) is 3.05. The van der Waals surface area contributed by atoms with Gasteiger partial charge in [0.2, 0.25) is 11.8 Å². The first-order valence-corrected chi connectivity index (χ1v) is 16.2. The van der Waals surface area contributed by atoms with Crippen molar-refractivity contribution in [3.63, 3.8) is 0 Å². The van der Waals surface area contributed by atoms with E-state index in [-0.39, 0.29) is 23.8 Å². The lowest BCUT2D eigenvalue weighted by Crippen LogP contribution is -2.56. The molecule has 9 heteroatoms. The van der Waals surface area contributed by atoms with Gasteiger partial charge < -0.3 is 15.0 Å². The van der Waals surface area contributed by atoms with Crippen LogP contribution in [0.2, 0.25) is 0 Å². The number of nitrogens with one attached hydrogen (secondary N) is 1. The van der Waals surface area contributed by atoms with Crippen LogP contribution in [0.1, 0.15) is 37.5 Å². The van der Waals surface area contributed by atoms with Crippen LogP contribution < -0.4 is 14.4 Å². The number of sulfonamides is 1. The lowest BCUT2D eigenvalue weighted by molar-refractivity contribution is -0.140. The summed E-state index contributed by atoms with van der Waals surface area (Å²) >= 11 is 0. The molecular weight excluding hydrogens is 586 g/mol. The lowest BCUT2D eigenvalue weighted by atomic mass is 10.0. The number of carbonyl (C=O) groups is 2. The topological polar surface area (TPSA) is 96.0 Å². The minimum Gasteiger partial charge on any atom is -0.497 e. The molecule has 8 nitrogen and oxygen atoms in total. The molecule has 0 radical (unpaired) electrons. The van der Waals surface area contributed by atoms with Crippen LogP contribution in [-0.4, -0.2) is 50.4 Å². The van der Waals surface area contributed by atoms with E-state index < -0.39 is 34.1 Å². The number of anilines is 1. The molecule has 4 aromatic rings. The average Bonchev–Trinajstić information content (AvgIpc) is 3.02. The van der Waals surface area contributed by atoms with Gasteiger partial charge in [0.1, 0.15) is 18.3 Å². The zero-order valence-corrected chi connectivity index (χ0v) is 27.3. The molecule has 4 rings (SSSR count). The molecule has 1 atom stereocenters. The highest BCUT2D eigenvalue weighted by atomic mass is 32.2. The number of aryl methyl sites for hydroxylation is 1. The summed E-state index contributed by atoms with van der Waals surface area (Å²) in [6.45, 7) is 7.22. The van der Waals surface area contributed by atoms with Crippen molar-refractivity contribution in [3.05, 3.63) is 126 Å². The quantitative estimate of drug-likeness (QED) is 0.216. The van der Waals surface area contributed by atoms with Crippen LogP contribution in [-0.2, 0) is 32.6 Å². The van der Waals surface area contributed by atoms with E-state index in [9.17, 15) is 18.0 Å². The number of amides is 2. The number of hydrogen-bond donors (Lipinski definition) is 1. The summed E-state index contributed by atoms with van der Waals surface area (Å²) in [7, 11) is -2.69. The second kappa shape index (κ2) is 14.4. The Kier molecular flexibility index (Phi) is 10.7. The Labute approximate surface area is 266 Å². The fourth-order valence-corrected chi connectivity index (χ4v) is 6.31. The molecule has 0 aliphatic carbocycles. The Morgan fingerprint density at radius 1 is 0.800 bits per heavy atom. The van der Waals surface area contributed by atoms with Crippen LogP contribution in [0.4, 0.5) is 5.69 Å². The highest BCUT2D eigenvalue weighted by Gasteiger charge is 2.35. The standard InChI is InChI=1S/C36H41N3O5S/c1-27-16-18-29(19-17-27)25-38(33(35(41)37-36(2,3)4)24-28-12-8-6-9-13-28)34(40)26-39(30-14-10-7-11-15-30)45(42,43)32-22-20-31(44-5)21-23-32/h6-23,33H,24-26H2,1-5H3,(H,37,41)/t33-/m0/s1. The molecule has 2 amide bonds. The summed E-state index contributed by atoms with van der Waals surface area (Å²) in [5.41, 5.74) is 2.52. The summed E-state index contributed by atoms with van der Waals surface area (Å²) in [6.07, 6.45) is 0.247. The average molecular weight is 628 g/mol. The monoisotopic (exact) mass is 627 g/mol. The predicted molar refractivity (Wildman–Crippen MR) is 178 cm³/mol. The second-order valence-corrected chi connectivity index (χ2v) is 13.8. The SMILES string of the molecule is COc1ccc(S(=O)(=O)N(CC(=O)N(Cc2ccc(C)cc2)[C@@H](Cc2ccccc2)C(=O)NC(C)(C)C)c2ccccc2)cc1. The van der Waals surface area contributed by atoms with Gasteiger partial charge in [0.05, 0.1) is 17.7 Å². The van der Waals surface area contributed by atoms with Gasteiger partial charge in [-0.05, 0) is 75.2 Å². The summed E-state index contributed by atoms with van der Waals surface area (Å²) < 4.78 is 34.5. The Bertz CT molecular complexity index is 1670. The van der Waals surface area contributed by atoms with Crippen molar-refractivity contribution in [2.45, 2.75) is 57.1 Å². The molecular formula is C36H41N3O5S. The maximum atomic E-state index is 14.5. The molecule has 0 heterocycles. The second-order valence-electron chi connectivity index (χ2n) is 12.0. The van der Waals surface area contributed by atoms with Crippen LogP contribution in [0.3, 0.4) is 0 Å². The molecule has 0 aromatic heterocycles. The molecule has 1 N–H and O–H groups in total. The Balaban J connectivity index is 1.79. The minimum absolute atomic E-state index is 0.0105. The highest BCUT2D eigenvalue weighted by Crippen LogP contribution is 2.26. The Morgan fingerprint density at radius 3 is 1.93 bits per heavy atom. The largest absolute Gasteiger partial charge is 0.497 e. The van der Waals surface area contributed by atoms with Crippen LogP contribution in [0.15, 0.2) is 114 Å². The van der Waals surface area contributed by atoms with Gasteiger partial charge in [-0.2, -0.15) is 0 Å². The lowest BCUT2D eigenvalue weighted by Gasteiger charge is -2.35. The summed E-state index contributed by atoms with van der Waals surface area (Å²) in [5.74, 6) is -0.327. The number of ether oxygens (including phenoxy) is 1. The fraction of sp³-hybridized carbons (Fsp3) is 0.278. The third-order valence-electron chi connectivity index (χ3n) is 7.21. The van der Waals surface area contributed by atoms with E-state index in [1.165, 1.54) is 24.1 Å². The fourth-order valence-electron chi connectivity index (χ4n) is 4.89. The van der Waals surface area contributed by atoms with Crippen molar-refractivity contribution in [1.82, 2.24) is 10.2 Å². The zero-order chi connectivity index (χ0) is 32.6. The van der Waals surface area contributed by atoms with Crippen LogP contribution in [0.5, 0.6) is 5.75 Å². The van der Waals surface area contributed by atoms with E-state index >= 15 is 0 Å². The van der Waals surface area contributed by atoms with Crippen LogP contribution >= 0.6 is 0 Å². The normalized spacial score (nSPS) is 12.2.